The van der Waals surface area contributed by atoms with Crippen molar-refractivity contribution < 1.29 is 9.90 Å². The van der Waals surface area contributed by atoms with Crippen LogP contribution in [0, 0.1) is 6.92 Å². The molecule has 0 saturated heterocycles. The predicted octanol–water partition coefficient (Wildman–Crippen LogP) is -0.366. The van der Waals surface area contributed by atoms with Crippen molar-refractivity contribution in [3.8, 4) is 0 Å². The van der Waals surface area contributed by atoms with Crippen molar-refractivity contribution >= 4 is 11.9 Å². The summed E-state index contributed by atoms with van der Waals surface area (Å²) in [5.74, 6) is 0.164. The third kappa shape index (κ3) is 1.94. The number of hydrogen-bond acceptors (Lipinski definition) is 4. The SMILES string of the molecule is Cc1nc(N(C)CC(=O)O)n[nH]1. The Balaban J connectivity index is 2.64. The first-order valence-electron chi connectivity index (χ1n) is 3.41. The van der Waals surface area contributed by atoms with Crippen molar-refractivity contribution in [3.05, 3.63) is 5.82 Å². The maximum Gasteiger partial charge on any atom is 0.323 e. The van der Waals surface area contributed by atoms with Gasteiger partial charge in [-0.3, -0.25) is 9.89 Å². The summed E-state index contributed by atoms with van der Waals surface area (Å²) in [5, 5.41) is 14.9. The number of carbonyl (C=O) groups is 1. The summed E-state index contributed by atoms with van der Waals surface area (Å²) in [7, 11) is 1.62. The van der Waals surface area contributed by atoms with E-state index in [1.807, 2.05) is 0 Å². The zero-order chi connectivity index (χ0) is 9.14. The first-order chi connectivity index (χ1) is 5.59. The van der Waals surface area contributed by atoms with Crippen molar-refractivity contribution in [2.24, 2.45) is 0 Å². The molecule has 6 nitrogen and oxygen atoms in total. The Kier molecular flexibility index (Phi) is 2.27. The van der Waals surface area contributed by atoms with Crippen LogP contribution in [0.2, 0.25) is 0 Å². The fourth-order valence-corrected chi connectivity index (χ4v) is 0.775. The maximum atomic E-state index is 10.3. The van der Waals surface area contributed by atoms with Gasteiger partial charge in [-0.25, -0.2) is 0 Å². The fraction of sp³-hybridized carbons (Fsp3) is 0.500. The molecule has 0 aliphatic carbocycles. The van der Waals surface area contributed by atoms with E-state index in [4.69, 9.17) is 5.11 Å². The van der Waals surface area contributed by atoms with Crippen LogP contribution in [0.5, 0.6) is 0 Å². The van der Waals surface area contributed by atoms with E-state index in [1.54, 1.807) is 14.0 Å². The van der Waals surface area contributed by atoms with Crippen molar-refractivity contribution in [2.45, 2.75) is 6.92 Å². The number of likely N-dealkylation sites (N-methyl/N-ethyl adjacent to an activating group) is 1. The van der Waals surface area contributed by atoms with Gasteiger partial charge in [-0.1, -0.05) is 0 Å². The van der Waals surface area contributed by atoms with Crippen LogP contribution < -0.4 is 4.90 Å². The molecule has 1 aromatic rings. The van der Waals surface area contributed by atoms with E-state index < -0.39 is 5.97 Å². The molecule has 0 atom stereocenters. The predicted molar refractivity (Wildman–Crippen MR) is 42.0 cm³/mol. The number of nitrogens with zero attached hydrogens (tertiary/aromatic N) is 3. The molecule has 0 aliphatic rings. The number of carboxylic acid groups (broad SMARTS) is 1. The number of aliphatic carboxylic acids is 1. The van der Waals surface area contributed by atoms with Crippen molar-refractivity contribution in [2.75, 3.05) is 18.5 Å². The Morgan fingerprint density at radius 1 is 1.75 bits per heavy atom. The quantitative estimate of drug-likeness (QED) is 0.647. The summed E-state index contributed by atoms with van der Waals surface area (Å²) in [6, 6.07) is 0. The van der Waals surface area contributed by atoms with E-state index in [-0.39, 0.29) is 6.54 Å². The van der Waals surface area contributed by atoms with Crippen LogP contribution in [0.4, 0.5) is 5.95 Å². The molecule has 1 heterocycles. The van der Waals surface area contributed by atoms with Crippen LogP contribution >= 0.6 is 0 Å². The Morgan fingerprint density at radius 2 is 2.42 bits per heavy atom. The molecule has 6 heteroatoms. The Bertz CT molecular complexity index is 283. The average molecular weight is 170 g/mol. The van der Waals surface area contributed by atoms with Crippen molar-refractivity contribution in [1.82, 2.24) is 15.2 Å². The highest BCUT2D eigenvalue weighted by molar-refractivity contribution is 5.72. The molecule has 1 aromatic heterocycles. The molecule has 12 heavy (non-hydrogen) atoms. The molecule has 2 N–H and O–H groups in total. The van der Waals surface area contributed by atoms with Crippen LogP contribution in [0.3, 0.4) is 0 Å². The second kappa shape index (κ2) is 3.21. The standard InChI is InChI=1S/C6H10N4O2/c1-4-7-6(9-8-4)10(2)3-5(11)12/h3H2,1-2H3,(H,11,12)(H,7,8,9). The van der Waals surface area contributed by atoms with Crippen LogP contribution in [-0.4, -0.2) is 39.8 Å². The summed E-state index contributed by atoms with van der Waals surface area (Å²) in [6.07, 6.45) is 0. The summed E-state index contributed by atoms with van der Waals surface area (Å²) < 4.78 is 0. The smallest absolute Gasteiger partial charge is 0.323 e. The van der Waals surface area contributed by atoms with Gasteiger partial charge in [0.15, 0.2) is 0 Å². The lowest BCUT2D eigenvalue weighted by Gasteiger charge is -2.09. The molecule has 0 aromatic carbocycles. The molecule has 0 fully saturated rings. The number of anilines is 1. The summed E-state index contributed by atoms with van der Waals surface area (Å²) in [6.45, 7) is 1.66. The van der Waals surface area contributed by atoms with Gasteiger partial charge in [-0.15, -0.1) is 5.10 Å². The Morgan fingerprint density at radius 3 is 2.83 bits per heavy atom. The topological polar surface area (TPSA) is 82.1 Å². The maximum absolute atomic E-state index is 10.3. The number of aromatic amines is 1. The lowest BCUT2D eigenvalue weighted by atomic mass is 10.6. The highest BCUT2D eigenvalue weighted by Gasteiger charge is 2.08. The van der Waals surface area contributed by atoms with E-state index in [0.717, 1.165) is 0 Å². The van der Waals surface area contributed by atoms with Crippen molar-refractivity contribution in [1.29, 1.82) is 0 Å². The lowest BCUT2D eigenvalue weighted by Crippen LogP contribution is -2.26. The van der Waals surface area contributed by atoms with Gasteiger partial charge in [0.05, 0.1) is 0 Å². The number of hydrogen-bond donors (Lipinski definition) is 2. The number of carboxylic acids is 1. The number of rotatable bonds is 3. The van der Waals surface area contributed by atoms with Gasteiger partial charge in [0.2, 0.25) is 5.95 Å². The number of H-pyrrole nitrogens is 1. The lowest BCUT2D eigenvalue weighted by molar-refractivity contribution is -0.135. The van der Waals surface area contributed by atoms with E-state index >= 15 is 0 Å². The molecule has 0 saturated carbocycles. The number of aryl methyl sites for hydroxylation is 1. The Hall–Kier alpha value is -1.59. The molecular weight excluding hydrogens is 160 g/mol. The molecular formula is C6H10N4O2. The van der Waals surface area contributed by atoms with Crippen LogP contribution in [0.25, 0.3) is 0 Å². The summed E-state index contributed by atoms with van der Waals surface area (Å²) >= 11 is 0. The summed E-state index contributed by atoms with van der Waals surface area (Å²) in [4.78, 5) is 15.7. The fourth-order valence-electron chi connectivity index (χ4n) is 0.775. The zero-order valence-corrected chi connectivity index (χ0v) is 6.90. The molecule has 0 spiro atoms. The van der Waals surface area contributed by atoms with E-state index in [1.165, 1.54) is 4.90 Å². The molecule has 66 valence electrons. The third-order valence-corrected chi connectivity index (χ3v) is 1.30. The van der Waals surface area contributed by atoms with Crippen molar-refractivity contribution in [3.63, 3.8) is 0 Å². The molecule has 0 bridgehead atoms. The minimum absolute atomic E-state index is 0.0999. The highest BCUT2D eigenvalue weighted by atomic mass is 16.4. The largest absolute Gasteiger partial charge is 0.480 e. The van der Waals surface area contributed by atoms with Gasteiger partial charge in [0.1, 0.15) is 12.4 Å². The van der Waals surface area contributed by atoms with Gasteiger partial charge in [-0.05, 0) is 6.92 Å². The van der Waals surface area contributed by atoms with Crippen LogP contribution in [0.15, 0.2) is 0 Å². The van der Waals surface area contributed by atoms with Gasteiger partial charge in [-0.2, -0.15) is 4.98 Å². The first kappa shape index (κ1) is 8.51. The molecule has 0 aliphatic heterocycles. The molecule has 1 rings (SSSR count). The third-order valence-electron chi connectivity index (χ3n) is 1.30. The number of aromatic nitrogens is 3. The van der Waals surface area contributed by atoms with Crippen LogP contribution in [0.1, 0.15) is 5.82 Å². The molecule has 0 radical (unpaired) electrons. The van der Waals surface area contributed by atoms with Crippen LogP contribution in [-0.2, 0) is 4.79 Å². The normalized spacial score (nSPS) is 9.83. The molecule has 0 amide bonds. The van der Waals surface area contributed by atoms with E-state index in [9.17, 15) is 4.79 Å². The summed E-state index contributed by atoms with van der Waals surface area (Å²) in [5.41, 5.74) is 0. The highest BCUT2D eigenvalue weighted by Crippen LogP contribution is 2.02. The zero-order valence-electron chi connectivity index (χ0n) is 6.90. The Labute approximate surface area is 69.2 Å². The second-order valence-corrected chi connectivity index (χ2v) is 2.47. The molecule has 0 unspecified atom stereocenters. The monoisotopic (exact) mass is 170 g/mol. The van der Waals surface area contributed by atoms with Gasteiger partial charge in [0.25, 0.3) is 0 Å². The van der Waals surface area contributed by atoms with Gasteiger partial charge in [0, 0.05) is 7.05 Å². The first-order valence-corrected chi connectivity index (χ1v) is 3.41. The second-order valence-electron chi connectivity index (χ2n) is 2.47. The minimum Gasteiger partial charge on any atom is -0.480 e. The minimum atomic E-state index is -0.903. The number of nitrogens with one attached hydrogen (secondary N) is 1. The van der Waals surface area contributed by atoms with E-state index in [0.29, 0.717) is 11.8 Å². The van der Waals surface area contributed by atoms with E-state index in [2.05, 4.69) is 15.2 Å². The average Bonchev–Trinajstić information content (AvgIpc) is 2.34. The van der Waals surface area contributed by atoms with Gasteiger partial charge < -0.3 is 10.0 Å². The van der Waals surface area contributed by atoms with Gasteiger partial charge >= 0.3 is 5.97 Å².